The average Bonchev–Trinajstić information content (AvgIpc) is 3.22. The standard InChI is InChI=1S/C20H19N3O5S.2Na/c1-23-8-7-15(24)18(19(23)27)22-20(28)21-14(11-17(25)26)12-4-2-5-13(10-12)16-6-3-9-29-16;;/h2-10,14,24H,11H2,1H3,(H,25,26)(H2,21,22,28);;/q;2*+1/p-2/t14-;;/m0../s1. The SMILES string of the molecule is Cn1ccc([O-])c(NC(=O)N[C@@H](CC(=O)[O-])c2cccc(-c3cccs3)c2)c1=O.[Na+].[Na+]. The second kappa shape index (κ2) is 12.4. The molecule has 0 bridgehead atoms. The van der Waals surface area contributed by atoms with Gasteiger partial charge in [0, 0.05) is 30.5 Å². The Morgan fingerprint density at radius 3 is 2.55 bits per heavy atom. The summed E-state index contributed by atoms with van der Waals surface area (Å²) < 4.78 is 1.15. The van der Waals surface area contributed by atoms with Crippen molar-refractivity contribution in [3.8, 4) is 16.2 Å². The van der Waals surface area contributed by atoms with Gasteiger partial charge in [-0.25, -0.2) is 4.79 Å². The Morgan fingerprint density at radius 2 is 1.90 bits per heavy atom. The summed E-state index contributed by atoms with van der Waals surface area (Å²) in [5.74, 6) is -1.99. The van der Waals surface area contributed by atoms with Crippen LogP contribution in [0.3, 0.4) is 0 Å². The third kappa shape index (κ3) is 7.21. The van der Waals surface area contributed by atoms with Crippen LogP contribution in [0.4, 0.5) is 10.5 Å². The van der Waals surface area contributed by atoms with Crippen molar-refractivity contribution in [2.45, 2.75) is 12.5 Å². The smallest absolute Gasteiger partial charge is 0.871 e. The van der Waals surface area contributed by atoms with Crippen LogP contribution in [0.1, 0.15) is 18.0 Å². The molecule has 0 radical (unpaired) electrons. The normalized spacial score (nSPS) is 10.9. The van der Waals surface area contributed by atoms with E-state index < -0.39 is 41.5 Å². The first kappa shape index (κ1) is 27.4. The molecule has 11 heteroatoms. The fourth-order valence-electron chi connectivity index (χ4n) is 2.81. The molecule has 0 spiro atoms. The summed E-state index contributed by atoms with van der Waals surface area (Å²) in [6, 6.07) is 10.3. The molecule has 2 amide bonds. The molecule has 0 saturated heterocycles. The molecule has 3 rings (SSSR count). The summed E-state index contributed by atoms with van der Waals surface area (Å²) in [5.41, 5.74) is 0.358. The number of aliphatic carboxylic acids is 1. The maximum atomic E-state index is 12.4. The van der Waals surface area contributed by atoms with Gasteiger partial charge in [-0.15, -0.1) is 11.3 Å². The van der Waals surface area contributed by atoms with E-state index in [0.717, 1.165) is 21.1 Å². The molecule has 2 aromatic heterocycles. The Bertz CT molecular complexity index is 1100. The summed E-state index contributed by atoms with van der Waals surface area (Å²) in [7, 11) is 1.44. The van der Waals surface area contributed by atoms with Crippen LogP contribution in [0.2, 0.25) is 0 Å². The Balaban J connectivity index is 0.00000240. The third-order valence-corrected chi connectivity index (χ3v) is 5.16. The molecule has 31 heavy (non-hydrogen) atoms. The van der Waals surface area contributed by atoms with Crippen LogP contribution in [-0.2, 0) is 11.8 Å². The minimum atomic E-state index is -1.35. The Labute approximate surface area is 226 Å². The maximum absolute atomic E-state index is 12.4. The van der Waals surface area contributed by atoms with E-state index in [9.17, 15) is 24.6 Å². The van der Waals surface area contributed by atoms with Crippen molar-refractivity contribution in [3.05, 3.63) is 70.0 Å². The number of anilines is 1. The van der Waals surface area contributed by atoms with Crippen LogP contribution in [0, 0.1) is 0 Å². The number of aryl methyl sites for hydroxylation is 1. The van der Waals surface area contributed by atoms with E-state index in [1.54, 1.807) is 18.2 Å². The van der Waals surface area contributed by atoms with Gasteiger partial charge in [0.25, 0.3) is 5.56 Å². The largest absolute Gasteiger partial charge is 1.00 e. The molecule has 0 aliphatic rings. The van der Waals surface area contributed by atoms with Crippen molar-refractivity contribution in [1.29, 1.82) is 0 Å². The number of carbonyl (C=O) groups excluding carboxylic acids is 2. The van der Waals surface area contributed by atoms with Gasteiger partial charge in [-0.1, -0.05) is 36.1 Å². The van der Waals surface area contributed by atoms with Crippen LogP contribution < -0.4 is 85.5 Å². The summed E-state index contributed by atoms with van der Waals surface area (Å²) >= 11 is 1.53. The number of nitrogens with zero attached hydrogens (tertiary/aromatic N) is 1. The molecule has 0 saturated carbocycles. The Hall–Kier alpha value is -1.59. The van der Waals surface area contributed by atoms with E-state index in [0.29, 0.717) is 5.56 Å². The second-order valence-corrected chi connectivity index (χ2v) is 7.25. The molecule has 1 atom stereocenters. The number of aromatic nitrogens is 1. The van der Waals surface area contributed by atoms with Crippen molar-refractivity contribution in [1.82, 2.24) is 9.88 Å². The average molecular weight is 457 g/mol. The van der Waals surface area contributed by atoms with E-state index in [4.69, 9.17) is 0 Å². The summed E-state index contributed by atoms with van der Waals surface area (Å²) in [5, 5.41) is 29.7. The number of nitrogens with one attached hydrogen (secondary N) is 2. The summed E-state index contributed by atoms with van der Waals surface area (Å²) in [6.45, 7) is 0. The van der Waals surface area contributed by atoms with Crippen LogP contribution >= 0.6 is 11.3 Å². The monoisotopic (exact) mass is 457 g/mol. The Kier molecular flexibility index (Phi) is 11.0. The number of hydrogen-bond acceptors (Lipinski definition) is 6. The van der Waals surface area contributed by atoms with Crippen LogP contribution in [0.25, 0.3) is 10.4 Å². The number of urea groups is 1. The van der Waals surface area contributed by atoms with Gasteiger partial charge in [0.2, 0.25) is 0 Å². The topological polar surface area (TPSA) is 126 Å². The fraction of sp³-hybridized carbons (Fsp3) is 0.150. The van der Waals surface area contributed by atoms with Crippen molar-refractivity contribution in [2.75, 3.05) is 5.32 Å². The number of hydrogen-bond donors (Lipinski definition) is 2. The minimum Gasteiger partial charge on any atom is -0.871 e. The number of benzene rings is 1. The van der Waals surface area contributed by atoms with Gasteiger partial charge in [-0.3, -0.25) is 4.79 Å². The molecule has 2 heterocycles. The molecular formula is C20H17N3Na2O5S. The van der Waals surface area contributed by atoms with Crippen molar-refractivity contribution in [2.24, 2.45) is 7.05 Å². The summed E-state index contributed by atoms with van der Waals surface area (Å²) in [4.78, 5) is 36.6. The van der Waals surface area contributed by atoms with Crippen LogP contribution in [-0.4, -0.2) is 16.6 Å². The molecule has 8 nitrogen and oxygen atoms in total. The molecule has 1 aromatic carbocycles. The zero-order valence-corrected chi connectivity index (χ0v) is 22.2. The first-order chi connectivity index (χ1) is 13.8. The minimum absolute atomic E-state index is 0. The number of pyridine rings is 1. The van der Waals surface area contributed by atoms with E-state index in [2.05, 4.69) is 10.6 Å². The first-order valence-corrected chi connectivity index (χ1v) is 9.51. The van der Waals surface area contributed by atoms with Gasteiger partial charge in [-0.05, 0) is 28.6 Å². The van der Waals surface area contributed by atoms with E-state index in [-0.39, 0.29) is 59.1 Å². The number of carboxylic acid groups (broad SMARTS) is 1. The third-order valence-electron chi connectivity index (χ3n) is 4.24. The fourth-order valence-corrected chi connectivity index (χ4v) is 3.53. The van der Waals surface area contributed by atoms with Gasteiger partial charge in [0.15, 0.2) is 0 Å². The van der Waals surface area contributed by atoms with Gasteiger partial charge in [0.1, 0.15) is 5.69 Å². The van der Waals surface area contributed by atoms with Crippen LogP contribution in [0.15, 0.2) is 58.8 Å². The molecule has 150 valence electrons. The second-order valence-electron chi connectivity index (χ2n) is 6.30. The van der Waals surface area contributed by atoms with Crippen LogP contribution in [0.5, 0.6) is 5.75 Å². The number of carbonyl (C=O) groups is 2. The van der Waals surface area contributed by atoms with Crippen molar-refractivity contribution in [3.63, 3.8) is 0 Å². The zero-order chi connectivity index (χ0) is 21.0. The Morgan fingerprint density at radius 1 is 1.16 bits per heavy atom. The molecule has 0 unspecified atom stereocenters. The number of thiophene rings is 1. The molecule has 0 aliphatic carbocycles. The predicted molar refractivity (Wildman–Crippen MR) is 105 cm³/mol. The van der Waals surface area contributed by atoms with Gasteiger partial charge in [-0.2, -0.15) is 0 Å². The van der Waals surface area contributed by atoms with Gasteiger partial charge >= 0.3 is 65.1 Å². The number of carboxylic acids is 1. The van der Waals surface area contributed by atoms with E-state index >= 15 is 0 Å². The number of rotatable bonds is 6. The van der Waals surface area contributed by atoms with Crippen molar-refractivity contribution >= 4 is 29.0 Å². The van der Waals surface area contributed by atoms with E-state index in [1.165, 1.54) is 24.6 Å². The molecular weight excluding hydrogens is 440 g/mol. The van der Waals surface area contributed by atoms with Crippen molar-refractivity contribution < 1.29 is 78.9 Å². The maximum Gasteiger partial charge on any atom is 1.00 e. The van der Waals surface area contributed by atoms with Gasteiger partial charge in [0.05, 0.1) is 6.04 Å². The molecule has 0 fully saturated rings. The molecule has 2 N–H and O–H groups in total. The number of amides is 2. The first-order valence-electron chi connectivity index (χ1n) is 8.63. The quantitative estimate of drug-likeness (QED) is 0.360. The zero-order valence-electron chi connectivity index (χ0n) is 17.4. The van der Waals surface area contributed by atoms with E-state index in [1.807, 2.05) is 23.6 Å². The summed E-state index contributed by atoms with van der Waals surface area (Å²) in [6.07, 6.45) is 0.821. The predicted octanol–water partition coefficient (Wildman–Crippen LogP) is -4.80. The molecule has 3 aromatic rings. The van der Waals surface area contributed by atoms with Gasteiger partial charge < -0.3 is 30.2 Å². The molecule has 0 aliphatic heterocycles.